The molecule has 27 heavy (non-hydrogen) atoms. The van der Waals surface area contributed by atoms with Crippen LogP contribution >= 0.6 is 0 Å². The van der Waals surface area contributed by atoms with Crippen molar-refractivity contribution in [2.45, 2.75) is 39.2 Å². The highest BCUT2D eigenvalue weighted by Crippen LogP contribution is 2.25. The van der Waals surface area contributed by atoms with Crippen molar-refractivity contribution in [3.8, 4) is 0 Å². The molecule has 3 aromatic rings. The molecule has 3 heterocycles. The number of aryl methyl sites for hydroxylation is 1. The maximum atomic E-state index is 12.0. The zero-order valence-corrected chi connectivity index (χ0v) is 15.9. The second-order valence-electron chi connectivity index (χ2n) is 7.58. The second-order valence-corrected chi connectivity index (χ2v) is 7.58. The van der Waals surface area contributed by atoms with E-state index >= 15 is 0 Å². The molecular formula is C23H26N2O2. The predicted molar refractivity (Wildman–Crippen MR) is 108 cm³/mol. The molecule has 1 aliphatic rings. The second kappa shape index (κ2) is 8.05. The predicted octanol–water partition coefficient (Wildman–Crippen LogP) is 4.21. The van der Waals surface area contributed by atoms with Gasteiger partial charge in [-0.3, -0.25) is 9.88 Å². The highest BCUT2D eigenvalue weighted by Gasteiger charge is 2.21. The highest BCUT2D eigenvalue weighted by molar-refractivity contribution is 5.80. The van der Waals surface area contributed by atoms with Gasteiger partial charge in [-0.2, -0.15) is 0 Å². The van der Waals surface area contributed by atoms with Crippen molar-refractivity contribution in [2.75, 3.05) is 13.1 Å². The van der Waals surface area contributed by atoms with Crippen molar-refractivity contribution in [3.63, 3.8) is 0 Å². The van der Waals surface area contributed by atoms with E-state index in [0.717, 1.165) is 43.4 Å². The summed E-state index contributed by atoms with van der Waals surface area (Å²) in [6.07, 6.45) is 8.30. The average Bonchev–Trinajstić information content (AvgIpc) is 2.69. The Labute approximate surface area is 159 Å². The first kappa shape index (κ1) is 17.9. The van der Waals surface area contributed by atoms with Crippen LogP contribution in [0.15, 0.2) is 58.0 Å². The van der Waals surface area contributed by atoms with Crippen LogP contribution in [-0.2, 0) is 19.4 Å². The monoisotopic (exact) mass is 362 g/mol. The van der Waals surface area contributed by atoms with Crippen LogP contribution in [0.1, 0.15) is 36.5 Å². The molecule has 0 aliphatic carbocycles. The fraction of sp³-hybridized carbons (Fsp3) is 0.391. The first-order valence-corrected chi connectivity index (χ1v) is 9.88. The Morgan fingerprint density at radius 1 is 1.22 bits per heavy atom. The lowest BCUT2D eigenvalue weighted by Crippen LogP contribution is -2.36. The average molecular weight is 362 g/mol. The lowest BCUT2D eigenvalue weighted by atomic mass is 9.91. The third kappa shape index (κ3) is 4.28. The number of aromatic nitrogens is 1. The molecule has 1 unspecified atom stereocenters. The number of piperidine rings is 1. The zero-order valence-electron chi connectivity index (χ0n) is 15.9. The summed E-state index contributed by atoms with van der Waals surface area (Å²) in [6, 6.07) is 12.0. The molecule has 0 amide bonds. The molecule has 0 radical (unpaired) electrons. The summed E-state index contributed by atoms with van der Waals surface area (Å²) in [7, 11) is 0. The summed E-state index contributed by atoms with van der Waals surface area (Å²) in [6.45, 7) is 5.09. The largest absolute Gasteiger partial charge is 0.423 e. The van der Waals surface area contributed by atoms with Gasteiger partial charge in [-0.1, -0.05) is 19.1 Å². The Balaban J connectivity index is 1.53. The normalized spacial score (nSPS) is 18.0. The molecule has 4 rings (SSSR count). The lowest BCUT2D eigenvalue weighted by molar-refractivity contribution is 0.167. The summed E-state index contributed by atoms with van der Waals surface area (Å²) < 4.78 is 5.41. The SMILES string of the molecule is CCc1ccc2oc(=O)cc(CN3CCCC(Cc4cccnc4)C3)c2c1. The van der Waals surface area contributed by atoms with E-state index in [1.165, 1.54) is 24.0 Å². The van der Waals surface area contributed by atoms with Crippen molar-refractivity contribution >= 4 is 11.0 Å². The third-order valence-electron chi connectivity index (χ3n) is 5.55. The van der Waals surface area contributed by atoms with Gasteiger partial charge in [-0.05, 0) is 73.0 Å². The minimum absolute atomic E-state index is 0.259. The highest BCUT2D eigenvalue weighted by atomic mass is 16.4. The molecule has 1 saturated heterocycles. The first-order chi connectivity index (χ1) is 13.2. The fourth-order valence-corrected chi connectivity index (χ4v) is 4.18. The van der Waals surface area contributed by atoms with Crippen LogP contribution in [0.4, 0.5) is 0 Å². The third-order valence-corrected chi connectivity index (χ3v) is 5.55. The molecule has 140 valence electrons. The van der Waals surface area contributed by atoms with E-state index < -0.39 is 0 Å². The van der Waals surface area contributed by atoms with Gasteiger partial charge in [-0.25, -0.2) is 4.79 Å². The van der Waals surface area contributed by atoms with Crippen LogP contribution in [0.3, 0.4) is 0 Å². The summed E-state index contributed by atoms with van der Waals surface area (Å²) >= 11 is 0. The molecule has 4 nitrogen and oxygen atoms in total. The van der Waals surface area contributed by atoms with Gasteiger partial charge in [0.25, 0.3) is 0 Å². The van der Waals surface area contributed by atoms with Crippen LogP contribution in [-0.4, -0.2) is 23.0 Å². The number of nitrogens with zero attached hydrogens (tertiary/aromatic N) is 2. The van der Waals surface area contributed by atoms with Gasteiger partial charge < -0.3 is 4.42 Å². The molecule has 2 aromatic heterocycles. The van der Waals surface area contributed by atoms with Gasteiger partial charge >= 0.3 is 5.63 Å². The van der Waals surface area contributed by atoms with Gasteiger partial charge in [0, 0.05) is 36.9 Å². The fourth-order valence-electron chi connectivity index (χ4n) is 4.18. The van der Waals surface area contributed by atoms with Crippen LogP contribution in [0.5, 0.6) is 0 Å². The van der Waals surface area contributed by atoms with Crippen molar-refractivity contribution in [1.29, 1.82) is 0 Å². The van der Waals surface area contributed by atoms with Crippen LogP contribution in [0.2, 0.25) is 0 Å². The minimum Gasteiger partial charge on any atom is -0.423 e. The Morgan fingerprint density at radius 2 is 2.15 bits per heavy atom. The minimum atomic E-state index is -0.259. The quantitative estimate of drug-likeness (QED) is 0.638. The topological polar surface area (TPSA) is 46.3 Å². The van der Waals surface area contributed by atoms with Crippen molar-refractivity contribution in [2.24, 2.45) is 5.92 Å². The van der Waals surface area contributed by atoms with Gasteiger partial charge in [0.2, 0.25) is 0 Å². The number of likely N-dealkylation sites (tertiary alicyclic amines) is 1. The Hall–Kier alpha value is -2.46. The number of hydrogen-bond donors (Lipinski definition) is 0. The summed E-state index contributed by atoms with van der Waals surface area (Å²) in [4.78, 5) is 18.7. The van der Waals surface area contributed by atoms with Crippen molar-refractivity contribution < 1.29 is 4.42 Å². The van der Waals surface area contributed by atoms with E-state index in [-0.39, 0.29) is 5.63 Å². The summed E-state index contributed by atoms with van der Waals surface area (Å²) in [5.74, 6) is 0.639. The van der Waals surface area contributed by atoms with Gasteiger partial charge in [0.05, 0.1) is 0 Å². The zero-order chi connectivity index (χ0) is 18.6. The molecule has 0 bridgehead atoms. The molecule has 0 spiro atoms. The Bertz CT molecular complexity index is 965. The van der Waals surface area contributed by atoms with Crippen molar-refractivity contribution in [3.05, 3.63) is 75.9 Å². The number of pyridine rings is 1. The molecule has 1 aliphatic heterocycles. The van der Waals surface area contributed by atoms with Crippen LogP contribution in [0, 0.1) is 5.92 Å². The number of rotatable bonds is 5. The smallest absolute Gasteiger partial charge is 0.336 e. The maximum absolute atomic E-state index is 12.0. The molecule has 4 heteroatoms. The number of fused-ring (bicyclic) bond motifs is 1. The maximum Gasteiger partial charge on any atom is 0.336 e. The first-order valence-electron chi connectivity index (χ1n) is 9.88. The van der Waals surface area contributed by atoms with Gasteiger partial charge in [0.1, 0.15) is 5.58 Å². The Morgan fingerprint density at radius 3 is 2.96 bits per heavy atom. The molecule has 1 aromatic carbocycles. The van der Waals surface area contributed by atoms with Crippen LogP contribution in [0.25, 0.3) is 11.0 Å². The number of benzene rings is 1. The molecule has 1 fully saturated rings. The van der Waals surface area contributed by atoms with E-state index in [4.69, 9.17) is 4.42 Å². The van der Waals surface area contributed by atoms with Crippen molar-refractivity contribution in [1.82, 2.24) is 9.88 Å². The molecule has 0 N–H and O–H groups in total. The standard InChI is InChI=1S/C23H26N2O2/c1-2-17-7-8-22-21(12-17)20(13-23(26)27-22)16-25-10-4-6-19(15-25)11-18-5-3-9-24-14-18/h3,5,7-9,12-14,19H,2,4,6,10-11,15-16H2,1H3. The van der Waals surface area contributed by atoms with E-state index in [0.29, 0.717) is 11.5 Å². The van der Waals surface area contributed by atoms with Gasteiger partial charge in [0.15, 0.2) is 0 Å². The number of hydrogen-bond acceptors (Lipinski definition) is 4. The van der Waals surface area contributed by atoms with E-state index in [1.54, 1.807) is 6.07 Å². The summed E-state index contributed by atoms with van der Waals surface area (Å²) in [5, 5.41) is 1.07. The van der Waals surface area contributed by atoms with E-state index in [1.807, 2.05) is 30.6 Å². The molecule has 0 saturated carbocycles. The van der Waals surface area contributed by atoms with Crippen LogP contribution < -0.4 is 5.63 Å². The summed E-state index contributed by atoms with van der Waals surface area (Å²) in [5.41, 5.74) is 4.09. The molecule has 1 atom stereocenters. The van der Waals surface area contributed by atoms with Gasteiger partial charge in [-0.15, -0.1) is 0 Å². The Kier molecular flexibility index (Phi) is 5.35. The lowest BCUT2D eigenvalue weighted by Gasteiger charge is -2.33. The van der Waals surface area contributed by atoms with E-state index in [9.17, 15) is 4.79 Å². The van der Waals surface area contributed by atoms with E-state index in [2.05, 4.69) is 28.9 Å². The molecular weight excluding hydrogens is 336 g/mol.